The Bertz CT molecular complexity index is 1140. The van der Waals surface area contributed by atoms with E-state index in [-0.39, 0.29) is 5.56 Å². The molecule has 0 saturated carbocycles. The van der Waals surface area contributed by atoms with Crippen LogP contribution in [0.3, 0.4) is 0 Å². The molecule has 7 heteroatoms. The number of fused-ring (bicyclic) bond motifs is 2. The number of nitrogens with zero attached hydrogens (tertiary/aromatic N) is 2. The first kappa shape index (κ1) is 23.4. The van der Waals surface area contributed by atoms with Crippen LogP contribution in [0, 0.1) is 0 Å². The maximum absolute atomic E-state index is 13.0. The van der Waals surface area contributed by atoms with Gasteiger partial charge >= 0.3 is 0 Å². The molecule has 2 heterocycles. The molecule has 1 atom stereocenters. The van der Waals surface area contributed by atoms with Crippen LogP contribution in [-0.4, -0.2) is 34.3 Å². The average Bonchev–Trinajstić information content (AvgIpc) is 3.08. The van der Waals surface area contributed by atoms with E-state index < -0.39 is 0 Å². The first-order valence-corrected chi connectivity index (χ1v) is 12.5. The van der Waals surface area contributed by atoms with E-state index in [1.807, 2.05) is 22.8 Å². The topological polar surface area (TPSA) is 63.4 Å². The Morgan fingerprint density at radius 2 is 2.00 bits per heavy atom. The Hall–Kier alpha value is -2.77. The summed E-state index contributed by atoms with van der Waals surface area (Å²) in [6, 6.07) is 16.4. The van der Waals surface area contributed by atoms with Crippen molar-refractivity contribution in [2.45, 2.75) is 52.1 Å². The van der Waals surface area contributed by atoms with Crippen molar-refractivity contribution in [3.05, 3.63) is 70.3 Å². The molecule has 2 aromatic carbocycles. The summed E-state index contributed by atoms with van der Waals surface area (Å²) in [7, 11) is 0. The number of benzene rings is 2. The van der Waals surface area contributed by atoms with E-state index in [2.05, 4.69) is 47.9 Å². The van der Waals surface area contributed by atoms with Gasteiger partial charge in [-0.05, 0) is 50.2 Å². The van der Waals surface area contributed by atoms with E-state index >= 15 is 0 Å². The van der Waals surface area contributed by atoms with Crippen LogP contribution in [0.1, 0.15) is 44.0 Å². The first-order chi connectivity index (χ1) is 16.1. The SMILES string of the molecule is CC[NH+](CCCNC(=S)Nc1ccc2nc3n(c(=O)c2c1)CCCCC3)Cc1ccccc1. The summed E-state index contributed by atoms with van der Waals surface area (Å²) in [5.41, 5.74) is 3.01. The molecule has 0 amide bonds. The van der Waals surface area contributed by atoms with Gasteiger partial charge in [0.2, 0.25) is 0 Å². The van der Waals surface area contributed by atoms with Crippen LogP contribution in [0.25, 0.3) is 10.9 Å². The molecule has 0 spiro atoms. The minimum absolute atomic E-state index is 0.0560. The lowest BCUT2D eigenvalue weighted by Gasteiger charge is -2.18. The van der Waals surface area contributed by atoms with Gasteiger partial charge in [-0.2, -0.15) is 0 Å². The molecule has 1 aliphatic rings. The second-order valence-electron chi connectivity index (χ2n) is 8.78. The Morgan fingerprint density at radius 1 is 1.15 bits per heavy atom. The third-order valence-electron chi connectivity index (χ3n) is 6.36. The molecule has 0 fully saturated rings. The maximum Gasteiger partial charge on any atom is 0.261 e. The maximum atomic E-state index is 13.0. The molecule has 6 nitrogen and oxygen atoms in total. The van der Waals surface area contributed by atoms with Crippen LogP contribution >= 0.6 is 12.2 Å². The van der Waals surface area contributed by atoms with Crippen LogP contribution in [0.15, 0.2) is 53.3 Å². The Labute approximate surface area is 201 Å². The number of hydrogen-bond donors (Lipinski definition) is 3. The molecule has 1 unspecified atom stereocenters. The Morgan fingerprint density at radius 3 is 2.82 bits per heavy atom. The zero-order chi connectivity index (χ0) is 23.0. The van der Waals surface area contributed by atoms with Gasteiger partial charge in [-0.1, -0.05) is 36.8 Å². The second-order valence-corrected chi connectivity index (χ2v) is 9.19. The van der Waals surface area contributed by atoms with Gasteiger partial charge in [-0.3, -0.25) is 9.36 Å². The lowest BCUT2D eigenvalue weighted by Crippen LogP contribution is -3.10. The summed E-state index contributed by atoms with van der Waals surface area (Å²) in [6.45, 7) is 7.04. The molecule has 1 aromatic heterocycles. The highest BCUT2D eigenvalue weighted by atomic mass is 32.1. The van der Waals surface area contributed by atoms with E-state index in [0.29, 0.717) is 10.5 Å². The third kappa shape index (κ3) is 6.18. The summed E-state index contributed by atoms with van der Waals surface area (Å²) in [4.78, 5) is 19.4. The highest BCUT2D eigenvalue weighted by molar-refractivity contribution is 7.80. The van der Waals surface area contributed by atoms with Crippen molar-refractivity contribution in [3.63, 3.8) is 0 Å². The lowest BCUT2D eigenvalue weighted by molar-refractivity contribution is -0.912. The molecule has 0 radical (unpaired) electrons. The number of aryl methyl sites for hydroxylation is 1. The fourth-order valence-corrected chi connectivity index (χ4v) is 4.71. The molecule has 3 aromatic rings. The summed E-state index contributed by atoms with van der Waals surface area (Å²) < 4.78 is 1.85. The van der Waals surface area contributed by atoms with E-state index in [0.717, 1.165) is 81.9 Å². The highest BCUT2D eigenvalue weighted by Crippen LogP contribution is 2.18. The quantitative estimate of drug-likeness (QED) is 0.353. The lowest BCUT2D eigenvalue weighted by atomic mass is 10.2. The van der Waals surface area contributed by atoms with Gasteiger partial charge in [0.15, 0.2) is 5.11 Å². The highest BCUT2D eigenvalue weighted by Gasteiger charge is 2.14. The van der Waals surface area contributed by atoms with Crippen molar-refractivity contribution in [2.24, 2.45) is 0 Å². The monoisotopic (exact) mass is 464 g/mol. The molecule has 0 bridgehead atoms. The van der Waals surface area contributed by atoms with Gasteiger partial charge in [0.05, 0.1) is 24.0 Å². The van der Waals surface area contributed by atoms with Crippen molar-refractivity contribution in [2.75, 3.05) is 25.0 Å². The number of aromatic nitrogens is 2. The van der Waals surface area contributed by atoms with Gasteiger partial charge in [0.1, 0.15) is 12.4 Å². The van der Waals surface area contributed by atoms with Crippen LogP contribution in [0.2, 0.25) is 0 Å². The largest absolute Gasteiger partial charge is 0.362 e. The smallest absolute Gasteiger partial charge is 0.261 e. The average molecular weight is 465 g/mol. The number of quaternary nitrogens is 1. The van der Waals surface area contributed by atoms with Crippen LogP contribution < -0.4 is 21.1 Å². The number of nitrogens with one attached hydrogen (secondary N) is 3. The van der Waals surface area contributed by atoms with E-state index in [9.17, 15) is 4.79 Å². The van der Waals surface area contributed by atoms with Gasteiger partial charge in [-0.15, -0.1) is 0 Å². The van der Waals surface area contributed by atoms with Gasteiger partial charge < -0.3 is 15.5 Å². The molecular formula is C26H34N5OS+. The van der Waals surface area contributed by atoms with Crippen molar-refractivity contribution in [1.29, 1.82) is 0 Å². The van der Waals surface area contributed by atoms with Gasteiger partial charge in [0.25, 0.3) is 5.56 Å². The van der Waals surface area contributed by atoms with Crippen molar-refractivity contribution >= 4 is 33.9 Å². The molecule has 174 valence electrons. The summed E-state index contributed by atoms with van der Waals surface area (Å²) >= 11 is 5.49. The molecular weight excluding hydrogens is 430 g/mol. The van der Waals surface area contributed by atoms with Crippen LogP contribution in [0.4, 0.5) is 5.69 Å². The van der Waals surface area contributed by atoms with Crippen LogP contribution in [0.5, 0.6) is 0 Å². The summed E-state index contributed by atoms with van der Waals surface area (Å²) in [5, 5.41) is 7.77. The van der Waals surface area contributed by atoms with E-state index in [4.69, 9.17) is 17.2 Å². The Balaban J connectivity index is 1.30. The second kappa shape index (κ2) is 11.4. The van der Waals surface area contributed by atoms with Gasteiger partial charge in [0, 0.05) is 37.2 Å². The first-order valence-electron chi connectivity index (χ1n) is 12.1. The summed E-state index contributed by atoms with van der Waals surface area (Å²) in [6.07, 6.45) is 5.19. The number of anilines is 1. The zero-order valence-electron chi connectivity index (χ0n) is 19.4. The predicted molar refractivity (Wildman–Crippen MR) is 139 cm³/mol. The summed E-state index contributed by atoms with van der Waals surface area (Å²) in [5.74, 6) is 0.915. The minimum atomic E-state index is 0.0560. The van der Waals surface area contributed by atoms with Crippen LogP contribution in [-0.2, 0) is 19.5 Å². The minimum Gasteiger partial charge on any atom is -0.362 e. The molecule has 4 rings (SSSR count). The van der Waals surface area contributed by atoms with Crippen molar-refractivity contribution in [3.8, 4) is 0 Å². The normalized spacial score (nSPS) is 14.3. The third-order valence-corrected chi connectivity index (χ3v) is 6.61. The Kier molecular flexibility index (Phi) is 8.07. The molecule has 0 aliphatic carbocycles. The predicted octanol–water partition coefficient (Wildman–Crippen LogP) is 2.90. The van der Waals surface area contributed by atoms with E-state index in [1.54, 1.807) is 4.90 Å². The molecule has 3 N–H and O–H groups in total. The number of hydrogen-bond acceptors (Lipinski definition) is 3. The standard InChI is InChI=1S/C26H33N5OS/c1-2-30(19-20-10-5-3-6-11-20)16-9-15-27-26(33)28-21-13-14-23-22(18-21)25(32)31-17-8-4-7-12-24(31)29-23/h3,5-6,10-11,13-14,18H,2,4,7-9,12,15-17,19H2,1H3,(H2,27,28,33)/p+1. The fourth-order valence-electron chi connectivity index (χ4n) is 4.49. The van der Waals surface area contributed by atoms with E-state index in [1.165, 1.54) is 5.56 Å². The fraction of sp³-hybridized carbons (Fsp3) is 0.423. The molecule has 33 heavy (non-hydrogen) atoms. The molecule has 1 aliphatic heterocycles. The zero-order valence-corrected chi connectivity index (χ0v) is 20.2. The van der Waals surface area contributed by atoms with Crippen molar-refractivity contribution in [1.82, 2.24) is 14.9 Å². The van der Waals surface area contributed by atoms with Gasteiger partial charge in [-0.25, -0.2) is 4.98 Å². The number of thiocarbonyl (C=S) groups is 1. The van der Waals surface area contributed by atoms with Crippen molar-refractivity contribution < 1.29 is 4.90 Å². The number of rotatable bonds is 8. The molecule has 0 saturated heterocycles.